The number of amides is 1. The maximum absolute atomic E-state index is 12.6. The van der Waals surface area contributed by atoms with Crippen LogP contribution in [0.15, 0.2) is 48.5 Å². The fourth-order valence-electron chi connectivity index (χ4n) is 2.28. The third-order valence-electron chi connectivity index (χ3n) is 3.89. The van der Waals surface area contributed by atoms with E-state index in [1.54, 1.807) is 18.2 Å². The van der Waals surface area contributed by atoms with E-state index in [4.69, 9.17) is 10.4 Å². The predicted octanol–water partition coefficient (Wildman–Crippen LogP) is 3.01. The minimum absolute atomic E-state index is 0.105. The summed E-state index contributed by atoms with van der Waals surface area (Å²) >= 11 is 0. The van der Waals surface area contributed by atoms with Crippen molar-refractivity contribution < 1.29 is 9.90 Å². The number of benzene rings is 2. The quantitative estimate of drug-likeness (QED) is 0.891. The van der Waals surface area contributed by atoms with Crippen molar-refractivity contribution in [1.82, 2.24) is 0 Å². The van der Waals surface area contributed by atoms with E-state index in [0.29, 0.717) is 17.7 Å². The van der Waals surface area contributed by atoms with Gasteiger partial charge in [0.2, 0.25) is 5.91 Å². The third-order valence-corrected chi connectivity index (χ3v) is 3.89. The maximum Gasteiger partial charge on any atom is 0.234 e. The van der Waals surface area contributed by atoms with Gasteiger partial charge in [0.25, 0.3) is 0 Å². The number of carbonyl (C=O) groups excluding carboxylic acids is 1. The largest absolute Gasteiger partial charge is 0.396 e. The molecule has 0 radical (unpaired) electrons. The summed E-state index contributed by atoms with van der Waals surface area (Å²) < 4.78 is 0. The summed E-state index contributed by atoms with van der Waals surface area (Å²) in [5.74, 6) is -0.137. The maximum atomic E-state index is 12.6. The van der Waals surface area contributed by atoms with E-state index in [9.17, 15) is 4.79 Å². The minimum atomic E-state index is -0.753. The zero-order valence-electron chi connectivity index (χ0n) is 13.3. The molecule has 0 bridgehead atoms. The second-order valence-electron chi connectivity index (χ2n) is 5.94. The fraction of sp³-hybridized carbons (Fsp3) is 0.263. The molecule has 2 N–H and O–H groups in total. The van der Waals surface area contributed by atoms with Crippen molar-refractivity contribution in [2.24, 2.45) is 0 Å². The van der Waals surface area contributed by atoms with Crippen LogP contribution in [0.3, 0.4) is 0 Å². The Hall–Kier alpha value is -2.64. The number of hydrogen-bond donors (Lipinski definition) is 2. The summed E-state index contributed by atoms with van der Waals surface area (Å²) in [6, 6.07) is 16.6. The molecule has 4 nitrogen and oxygen atoms in total. The van der Waals surface area contributed by atoms with Crippen LogP contribution in [0.2, 0.25) is 0 Å². The summed E-state index contributed by atoms with van der Waals surface area (Å²) in [6.07, 6.45) is 0.598. The van der Waals surface area contributed by atoms with Crippen molar-refractivity contribution in [3.8, 4) is 6.07 Å². The van der Waals surface area contributed by atoms with Crippen molar-refractivity contribution in [2.45, 2.75) is 25.7 Å². The molecule has 0 saturated carbocycles. The molecule has 2 rings (SSSR count). The number of anilines is 1. The average Bonchev–Trinajstić information content (AvgIpc) is 2.57. The van der Waals surface area contributed by atoms with E-state index in [-0.39, 0.29) is 12.5 Å². The van der Waals surface area contributed by atoms with Crippen molar-refractivity contribution >= 4 is 11.6 Å². The van der Waals surface area contributed by atoms with Gasteiger partial charge < -0.3 is 10.4 Å². The molecule has 2 aromatic carbocycles. The Kier molecular flexibility index (Phi) is 5.15. The zero-order chi connectivity index (χ0) is 16.9. The molecule has 4 heteroatoms. The van der Waals surface area contributed by atoms with Gasteiger partial charge in [-0.2, -0.15) is 5.26 Å². The normalized spacial score (nSPS) is 10.9. The monoisotopic (exact) mass is 308 g/mol. The van der Waals surface area contributed by atoms with Gasteiger partial charge in [0, 0.05) is 12.3 Å². The molecule has 0 aliphatic heterocycles. The van der Waals surface area contributed by atoms with Gasteiger partial charge >= 0.3 is 0 Å². The lowest BCUT2D eigenvalue weighted by molar-refractivity contribution is -0.120. The van der Waals surface area contributed by atoms with Crippen LogP contribution in [0, 0.1) is 11.3 Å². The Morgan fingerprint density at radius 2 is 1.91 bits per heavy atom. The van der Waals surface area contributed by atoms with Gasteiger partial charge in [-0.25, -0.2) is 0 Å². The van der Waals surface area contributed by atoms with Gasteiger partial charge in [-0.05, 0) is 55.7 Å². The van der Waals surface area contributed by atoms with Crippen LogP contribution in [-0.2, 0) is 16.6 Å². The number of carbonyl (C=O) groups is 1. The molecule has 0 heterocycles. The lowest BCUT2D eigenvalue weighted by Crippen LogP contribution is -2.34. The standard InChI is InChI=1S/C19H20N2O2/c1-19(2,16-5-3-4-15(12-16)13-20)18(23)21-17-8-6-14(7-9-17)10-11-22/h3-9,12,22H,10-11H2,1-2H3,(H,21,23). The predicted molar refractivity (Wildman–Crippen MR) is 90.0 cm³/mol. The molecule has 23 heavy (non-hydrogen) atoms. The minimum Gasteiger partial charge on any atom is -0.396 e. The third kappa shape index (κ3) is 3.97. The first-order valence-electron chi connectivity index (χ1n) is 7.49. The fourth-order valence-corrected chi connectivity index (χ4v) is 2.28. The van der Waals surface area contributed by atoms with Crippen LogP contribution in [-0.4, -0.2) is 17.6 Å². The summed E-state index contributed by atoms with van der Waals surface area (Å²) in [5.41, 5.74) is 2.31. The number of nitrogens with zero attached hydrogens (tertiary/aromatic N) is 1. The van der Waals surface area contributed by atoms with Crippen LogP contribution in [0.5, 0.6) is 0 Å². The second-order valence-corrected chi connectivity index (χ2v) is 5.94. The van der Waals surface area contributed by atoms with Gasteiger partial charge in [-0.1, -0.05) is 24.3 Å². The topological polar surface area (TPSA) is 73.1 Å². The van der Waals surface area contributed by atoms with Crippen LogP contribution < -0.4 is 5.32 Å². The van der Waals surface area contributed by atoms with Crippen LogP contribution in [0.25, 0.3) is 0 Å². The van der Waals surface area contributed by atoms with Crippen molar-refractivity contribution in [2.75, 3.05) is 11.9 Å². The van der Waals surface area contributed by atoms with Gasteiger partial charge in [0.05, 0.1) is 17.0 Å². The molecular weight excluding hydrogens is 288 g/mol. The van der Waals surface area contributed by atoms with E-state index in [2.05, 4.69) is 11.4 Å². The molecule has 0 aromatic heterocycles. The molecule has 0 fully saturated rings. The van der Waals surface area contributed by atoms with Crippen molar-refractivity contribution in [1.29, 1.82) is 5.26 Å². The summed E-state index contributed by atoms with van der Waals surface area (Å²) in [5, 5.41) is 20.8. The molecule has 0 saturated heterocycles. The average molecular weight is 308 g/mol. The van der Waals surface area contributed by atoms with E-state index >= 15 is 0 Å². The van der Waals surface area contributed by atoms with E-state index in [1.165, 1.54) is 0 Å². The van der Waals surface area contributed by atoms with Gasteiger partial charge in [0.15, 0.2) is 0 Å². The van der Waals surface area contributed by atoms with Crippen LogP contribution >= 0.6 is 0 Å². The Morgan fingerprint density at radius 3 is 2.52 bits per heavy atom. The molecule has 0 unspecified atom stereocenters. The van der Waals surface area contributed by atoms with Crippen LogP contribution in [0.1, 0.15) is 30.5 Å². The highest BCUT2D eigenvalue weighted by Crippen LogP contribution is 2.26. The zero-order valence-corrected chi connectivity index (χ0v) is 13.3. The number of rotatable bonds is 5. The SMILES string of the molecule is CC(C)(C(=O)Nc1ccc(CCO)cc1)c1cccc(C#N)c1. The number of aliphatic hydroxyl groups is 1. The number of nitrogens with one attached hydrogen (secondary N) is 1. The van der Waals surface area contributed by atoms with Crippen molar-refractivity contribution in [3.05, 3.63) is 65.2 Å². The second kappa shape index (κ2) is 7.08. The first-order chi connectivity index (χ1) is 11.0. The van der Waals surface area contributed by atoms with Crippen LogP contribution in [0.4, 0.5) is 5.69 Å². The molecule has 1 amide bonds. The molecule has 0 atom stereocenters. The molecule has 118 valence electrons. The van der Waals surface area contributed by atoms with Gasteiger partial charge in [-0.15, -0.1) is 0 Å². The van der Waals surface area contributed by atoms with Crippen molar-refractivity contribution in [3.63, 3.8) is 0 Å². The van der Waals surface area contributed by atoms with Gasteiger partial charge in [0.1, 0.15) is 0 Å². The molecule has 0 aliphatic rings. The summed E-state index contributed by atoms with van der Waals surface area (Å²) in [6.45, 7) is 3.77. The molecule has 0 aliphatic carbocycles. The first kappa shape index (κ1) is 16.7. The van der Waals surface area contributed by atoms with E-state index in [1.807, 2.05) is 44.2 Å². The highest BCUT2D eigenvalue weighted by Gasteiger charge is 2.30. The Balaban J connectivity index is 2.16. The van der Waals surface area contributed by atoms with Gasteiger partial charge in [-0.3, -0.25) is 4.79 Å². The lowest BCUT2D eigenvalue weighted by atomic mass is 9.83. The van der Waals surface area contributed by atoms with E-state index < -0.39 is 5.41 Å². The Labute approximate surface area is 136 Å². The Morgan fingerprint density at radius 1 is 1.22 bits per heavy atom. The highest BCUT2D eigenvalue weighted by molar-refractivity contribution is 5.98. The lowest BCUT2D eigenvalue weighted by Gasteiger charge is -2.24. The summed E-state index contributed by atoms with van der Waals surface area (Å²) in [4.78, 5) is 12.6. The highest BCUT2D eigenvalue weighted by atomic mass is 16.2. The molecular formula is C19H20N2O2. The molecule has 2 aromatic rings. The molecule has 0 spiro atoms. The number of aliphatic hydroxyl groups excluding tert-OH is 1. The Bertz CT molecular complexity index is 728. The number of hydrogen-bond acceptors (Lipinski definition) is 3. The first-order valence-corrected chi connectivity index (χ1v) is 7.49. The summed E-state index contributed by atoms with van der Waals surface area (Å²) in [7, 11) is 0. The van der Waals surface area contributed by atoms with E-state index in [0.717, 1.165) is 11.1 Å². The number of nitriles is 1. The smallest absolute Gasteiger partial charge is 0.234 e.